The minimum absolute atomic E-state index is 0.0548. The second kappa shape index (κ2) is 6.81. The molecule has 2 aromatic rings. The predicted molar refractivity (Wildman–Crippen MR) is 96.4 cm³/mol. The van der Waals surface area contributed by atoms with E-state index in [1.165, 1.54) is 0 Å². The summed E-state index contributed by atoms with van der Waals surface area (Å²) in [4.78, 5) is 24.7. The summed E-state index contributed by atoms with van der Waals surface area (Å²) < 4.78 is 12.5. The van der Waals surface area contributed by atoms with Crippen molar-refractivity contribution in [2.24, 2.45) is 5.92 Å². The molecular formula is C19H21N5O4. The predicted octanol–water partition coefficient (Wildman–Crippen LogP) is 0.837. The number of aryl methyl sites for hydroxylation is 1. The number of ether oxygens (including phenoxy) is 2. The summed E-state index contributed by atoms with van der Waals surface area (Å²) in [6.07, 6.45) is 3.29. The molecule has 9 nitrogen and oxygen atoms in total. The topological polar surface area (TPSA) is 107 Å². The van der Waals surface area contributed by atoms with Gasteiger partial charge in [-0.3, -0.25) is 9.59 Å². The van der Waals surface area contributed by atoms with E-state index in [9.17, 15) is 9.59 Å². The lowest BCUT2D eigenvalue weighted by Crippen LogP contribution is -2.32. The van der Waals surface area contributed by atoms with Crippen molar-refractivity contribution in [2.75, 3.05) is 6.79 Å². The van der Waals surface area contributed by atoms with Crippen LogP contribution in [0.3, 0.4) is 0 Å². The molecule has 3 aliphatic rings. The summed E-state index contributed by atoms with van der Waals surface area (Å²) in [6.45, 7) is 0.926. The van der Waals surface area contributed by atoms with Gasteiger partial charge in [0.25, 0.3) is 0 Å². The summed E-state index contributed by atoms with van der Waals surface area (Å²) in [6, 6.07) is 5.27. The molecule has 2 amide bonds. The summed E-state index contributed by atoms with van der Waals surface area (Å²) in [5.41, 5.74) is 0.941. The third kappa shape index (κ3) is 3.17. The Balaban J connectivity index is 1.23. The Bertz CT molecular complexity index is 936. The van der Waals surface area contributed by atoms with Gasteiger partial charge in [0.15, 0.2) is 17.3 Å². The zero-order valence-electron chi connectivity index (χ0n) is 15.3. The standard InChI is InChI=1S/C19H21N5O4/c25-18(12-2-3-12)21-9-17-23-22-16-6-4-13(24(16)17)19(26)20-8-11-1-5-14-15(7-11)28-10-27-14/h1,5,7,12-13H,2-4,6,8-10H2,(H,20,26)(H,21,25). The average molecular weight is 383 g/mol. The highest BCUT2D eigenvalue weighted by molar-refractivity contribution is 5.81. The van der Waals surface area contributed by atoms with E-state index in [1.807, 2.05) is 22.8 Å². The van der Waals surface area contributed by atoms with Gasteiger partial charge in [-0.15, -0.1) is 10.2 Å². The number of aromatic nitrogens is 3. The van der Waals surface area contributed by atoms with E-state index in [4.69, 9.17) is 9.47 Å². The molecule has 2 N–H and O–H groups in total. The molecule has 2 aliphatic heterocycles. The minimum Gasteiger partial charge on any atom is -0.454 e. The zero-order chi connectivity index (χ0) is 19.1. The van der Waals surface area contributed by atoms with Gasteiger partial charge in [0.2, 0.25) is 18.6 Å². The van der Waals surface area contributed by atoms with Crippen LogP contribution in [0, 0.1) is 5.92 Å². The van der Waals surface area contributed by atoms with Gasteiger partial charge in [0.05, 0.1) is 6.54 Å². The number of hydrogen-bond donors (Lipinski definition) is 2. The van der Waals surface area contributed by atoms with Crippen LogP contribution >= 0.6 is 0 Å². The molecule has 28 heavy (non-hydrogen) atoms. The maximum atomic E-state index is 12.8. The van der Waals surface area contributed by atoms with E-state index in [0.717, 1.165) is 30.0 Å². The largest absolute Gasteiger partial charge is 0.454 e. The Morgan fingerprint density at radius 1 is 1.04 bits per heavy atom. The van der Waals surface area contributed by atoms with Crippen LogP contribution in [0.4, 0.5) is 0 Å². The van der Waals surface area contributed by atoms with E-state index in [-0.39, 0.29) is 30.6 Å². The van der Waals surface area contributed by atoms with Crippen molar-refractivity contribution in [3.8, 4) is 11.5 Å². The monoisotopic (exact) mass is 383 g/mol. The molecule has 0 spiro atoms. The molecule has 0 bridgehead atoms. The van der Waals surface area contributed by atoms with Crippen molar-refractivity contribution in [1.82, 2.24) is 25.4 Å². The Hall–Kier alpha value is -3.10. The first kappa shape index (κ1) is 17.0. The van der Waals surface area contributed by atoms with Crippen molar-refractivity contribution in [1.29, 1.82) is 0 Å². The van der Waals surface area contributed by atoms with Gasteiger partial charge >= 0.3 is 0 Å². The quantitative estimate of drug-likeness (QED) is 0.765. The molecule has 1 aliphatic carbocycles. The number of nitrogens with one attached hydrogen (secondary N) is 2. The summed E-state index contributed by atoms with van der Waals surface area (Å²) in [7, 11) is 0. The molecule has 5 rings (SSSR count). The fourth-order valence-corrected chi connectivity index (χ4v) is 3.67. The number of carbonyl (C=O) groups is 2. The zero-order valence-corrected chi connectivity index (χ0v) is 15.3. The normalized spacial score (nSPS) is 19.4. The van der Waals surface area contributed by atoms with Crippen LogP contribution in [-0.2, 0) is 29.1 Å². The van der Waals surface area contributed by atoms with Gasteiger partial charge in [0, 0.05) is 18.9 Å². The smallest absolute Gasteiger partial charge is 0.243 e. The van der Waals surface area contributed by atoms with E-state index >= 15 is 0 Å². The van der Waals surface area contributed by atoms with E-state index in [1.54, 1.807) is 0 Å². The first-order valence-corrected chi connectivity index (χ1v) is 9.55. The highest BCUT2D eigenvalue weighted by Gasteiger charge is 2.33. The van der Waals surface area contributed by atoms with Crippen molar-refractivity contribution >= 4 is 11.8 Å². The Morgan fingerprint density at radius 3 is 2.71 bits per heavy atom. The third-order valence-electron chi connectivity index (χ3n) is 5.37. The van der Waals surface area contributed by atoms with Crippen molar-refractivity contribution in [3.63, 3.8) is 0 Å². The summed E-state index contributed by atoms with van der Waals surface area (Å²) >= 11 is 0. The number of carbonyl (C=O) groups excluding carboxylic acids is 2. The lowest BCUT2D eigenvalue weighted by molar-refractivity contribution is -0.124. The molecule has 1 aromatic heterocycles. The molecule has 146 valence electrons. The third-order valence-corrected chi connectivity index (χ3v) is 5.37. The van der Waals surface area contributed by atoms with Crippen LogP contribution in [0.25, 0.3) is 0 Å². The summed E-state index contributed by atoms with van der Waals surface area (Å²) in [5, 5.41) is 14.2. The molecule has 1 aromatic carbocycles. The molecule has 0 saturated heterocycles. The average Bonchev–Trinajstić information content (AvgIpc) is 3.12. The fourth-order valence-electron chi connectivity index (χ4n) is 3.67. The first-order valence-electron chi connectivity index (χ1n) is 9.55. The highest BCUT2D eigenvalue weighted by Crippen LogP contribution is 2.33. The molecule has 3 heterocycles. The number of rotatable bonds is 6. The molecule has 1 fully saturated rings. The van der Waals surface area contributed by atoms with Gasteiger partial charge in [0.1, 0.15) is 11.9 Å². The number of amides is 2. The number of benzene rings is 1. The Labute approximate surface area is 161 Å². The maximum absolute atomic E-state index is 12.8. The van der Waals surface area contributed by atoms with E-state index in [0.29, 0.717) is 37.5 Å². The lowest BCUT2D eigenvalue weighted by Gasteiger charge is -2.16. The van der Waals surface area contributed by atoms with Gasteiger partial charge in [-0.05, 0) is 37.0 Å². The van der Waals surface area contributed by atoms with Crippen molar-refractivity contribution in [2.45, 2.75) is 44.8 Å². The second-order valence-electron chi connectivity index (χ2n) is 7.35. The Morgan fingerprint density at radius 2 is 1.86 bits per heavy atom. The van der Waals surface area contributed by atoms with Gasteiger partial charge < -0.3 is 24.7 Å². The van der Waals surface area contributed by atoms with Gasteiger partial charge in [-0.1, -0.05) is 6.07 Å². The van der Waals surface area contributed by atoms with Crippen molar-refractivity contribution in [3.05, 3.63) is 35.4 Å². The molecule has 1 saturated carbocycles. The molecular weight excluding hydrogens is 362 g/mol. The second-order valence-corrected chi connectivity index (χ2v) is 7.35. The fraction of sp³-hybridized carbons (Fsp3) is 0.474. The molecule has 1 unspecified atom stereocenters. The van der Waals surface area contributed by atoms with Crippen LogP contribution in [0.2, 0.25) is 0 Å². The lowest BCUT2D eigenvalue weighted by atomic mass is 10.1. The van der Waals surface area contributed by atoms with Crippen molar-refractivity contribution < 1.29 is 19.1 Å². The highest BCUT2D eigenvalue weighted by atomic mass is 16.7. The van der Waals surface area contributed by atoms with Crippen LogP contribution in [0.5, 0.6) is 11.5 Å². The Kier molecular flexibility index (Phi) is 4.14. The van der Waals surface area contributed by atoms with Gasteiger partial charge in [-0.25, -0.2) is 0 Å². The van der Waals surface area contributed by atoms with Crippen LogP contribution in [-0.4, -0.2) is 33.4 Å². The van der Waals surface area contributed by atoms with E-state index in [2.05, 4.69) is 20.8 Å². The first-order chi connectivity index (χ1) is 13.7. The SMILES string of the molecule is O=C(NCc1nnc2n1C(C(=O)NCc1ccc3c(c1)OCO3)CC2)C1CC1. The van der Waals surface area contributed by atoms with E-state index < -0.39 is 0 Å². The van der Waals surface area contributed by atoms with Gasteiger partial charge in [-0.2, -0.15) is 0 Å². The minimum atomic E-state index is -0.355. The number of hydrogen-bond acceptors (Lipinski definition) is 6. The van der Waals surface area contributed by atoms with Crippen LogP contribution in [0.1, 0.15) is 42.5 Å². The number of nitrogens with zero attached hydrogens (tertiary/aromatic N) is 3. The molecule has 1 atom stereocenters. The maximum Gasteiger partial charge on any atom is 0.243 e. The molecule has 9 heteroatoms. The summed E-state index contributed by atoms with van der Waals surface area (Å²) in [5.74, 6) is 2.95. The molecule has 0 radical (unpaired) electrons. The van der Waals surface area contributed by atoms with Crippen LogP contribution < -0.4 is 20.1 Å². The van der Waals surface area contributed by atoms with Crippen LogP contribution in [0.15, 0.2) is 18.2 Å². The number of fused-ring (bicyclic) bond motifs is 2.